The lowest BCUT2D eigenvalue weighted by Gasteiger charge is -2.29. The lowest BCUT2D eigenvalue weighted by Crippen LogP contribution is -2.34. The van der Waals surface area contributed by atoms with Crippen LogP contribution in [0.2, 0.25) is 0 Å². The molecule has 0 spiro atoms. The van der Waals surface area contributed by atoms with Gasteiger partial charge in [0.05, 0.1) is 0 Å². The zero-order valence-electron chi connectivity index (χ0n) is 14.1. The topological polar surface area (TPSA) is 15.3 Å². The van der Waals surface area contributed by atoms with E-state index < -0.39 is 0 Å². The van der Waals surface area contributed by atoms with E-state index in [0.717, 1.165) is 36.1 Å². The molecule has 1 atom stereocenters. The highest BCUT2D eigenvalue weighted by atomic mass is 15.2. The smallest absolute Gasteiger partial charge is 0.00224 e. The van der Waals surface area contributed by atoms with E-state index in [1.807, 2.05) is 0 Å². The summed E-state index contributed by atoms with van der Waals surface area (Å²) in [5.41, 5.74) is 0. The zero-order valence-corrected chi connectivity index (χ0v) is 14.1. The summed E-state index contributed by atoms with van der Waals surface area (Å²) in [5, 5.41) is 3.62. The van der Waals surface area contributed by atoms with Gasteiger partial charge >= 0.3 is 0 Å². The van der Waals surface area contributed by atoms with E-state index >= 15 is 0 Å². The van der Waals surface area contributed by atoms with Crippen molar-refractivity contribution in [1.29, 1.82) is 0 Å². The van der Waals surface area contributed by atoms with E-state index in [0.29, 0.717) is 0 Å². The van der Waals surface area contributed by atoms with E-state index in [1.54, 1.807) is 0 Å². The van der Waals surface area contributed by atoms with Crippen molar-refractivity contribution in [2.45, 2.75) is 48.0 Å². The Balaban J connectivity index is 2.27. The maximum atomic E-state index is 3.62. The van der Waals surface area contributed by atoms with Gasteiger partial charge in [-0.3, -0.25) is 0 Å². The van der Waals surface area contributed by atoms with Crippen molar-refractivity contribution in [3.05, 3.63) is 0 Å². The molecule has 1 rings (SSSR count). The molecule has 1 heterocycles. The Labute approximate surface area is 121 Å². The van der Waals surface area contributed by atoms with Crippen LogP contribution in [-0.4, -0.2) is 37.6 Å². The van der Waals surface area contributed by atoms with Crippen molar-refractivity contribution < 1.29 is 0 Å². The zero-order chi connectivity index (χ0) is 14.4. The summed E-state index contributed by atoms with van der Waals surface area (Å²) in [6.45, 7) is 20.4. The van der Waals surface area contributed by atoms with Gasteiger partial charge in [0.15, 0.2) is 0 Å². The van der Waals surface area contributed by atoms with Crippen LogP contribution in [-0.2, 0) is 0 Å². The van der Waals surface area contributed by atoms with Crippen molar-refractivity contribution in [2.24, 2.45) is 29.6 Å². The van der Waals surface area contributed by atoms with Gasteiger partial charge in [-0.15, -0.1) is 0 Å². The summed E-state index contributed by atoms with van der Waals surface area (Å²) >= 11 is 0. The number of nitrogens with one attached hydrogen (secondary N) is 1. The van der Waals surface area contributed by atoms with Crippen molar-refractivity contribution in [3.63, 3.8) is 0 Å². The Morgan fingerprint density at radius 2 is 1.68 bits per heavy atom. The number of likely N-dealkylation sites (tertiary alicyclic amines) is 1. The second-order valence-electron chi connectivity index (χ2n) is 7.62. The van der Waals surface area contributed by atoms with Crippen LogP contribution in [0.4, 0.5) is 0 Å². The van der Waals surface area contributed by atoms with E-state index in [-0.39, 0.29) is 0 Å². The predicted molar refractivity (Wildman–Crippen MR) is 85.4 cm³/mol. The van der Waals surface area contributed by atoms with Crippen molar-refractivity contribution >= 4 is 0 Å². The van der Waals surface area contributed by atoms with Crippen LogP contribution in [0.3, 0.4) is 0 Å². The standard InChI is InChI=1S/C17H36N2/c1-13(2)9-18-10-16-7-8-19(11-16)12-17(14(3)4)15(5)6/h13-18H,7-12H2,1-6H3. The largest absolute Gasteiger partial charge is 0.316 e. The monoisotopic (exact) mass is 268 g/mol. The molecule has 2 nitrogen and oxygen atoms in total. The first-order valence-corrected chi connectivity index (χ1v) is 8.33. The first-order valence-electron chi connectivity index (χ1n) is 8.33. The van der Waals surface area contributed by atoms with Crippen LogP contribution in [0.5, 0.6) is 0 Å². The van der Waals surface area contributed by atoms with Crippen molar-refractivity contribution in [3.8, 4) is 0 Å². The molecule has 0 saturated carbocycles. The van der Waals surface area contributed by atoms with Crippen LogP contribution in [0, 0.1) is 29.6 Å². The Bertz CT molecular complexity index is 227. The molecule has 1 aliphatic heterocycles. The molecule has 1 aliphatic rings. The highest BCUT2D eigenvalue weighted by molar-refractivity contribution is 4.80. The molecule has 2 heteroatoms. The Morgan fingerprint density at radius 3 is 2.21 bits per heavy atom. The molecule has 1 unspecified atom stereocenters. The lowest BCUT2D eigenvalue weighted by atomic mass is 9.85. The number of nitrogens with zero attached hydrogens (tertiary/aromatic N) is 1. The van der Waals surface area contributed by atoms with Gasteiger partial charge in [-0.1, -0.05) is 41.5 Å². The van der Waals surface area contributed by atoms with E-state index in [2.05, 4.69) is 51.8 Å². The third kappa shape index (κ3) is 6.27. The molecule has 0 aliphatic carbocycles. The molecule has 0 aromatic heterocycles. The van der Waals surface area contributed by atoms with Gasteiger partial charge in [0.1, 0.15) is 0 Å². The fourth-order valence-corrected chi connectivity index (χ4v) is 3.31. The van der Waals surface area contributed by atoms with Gasteiger partial charge in [-0.05, 0) is 55.6 Å². The molecule has 0 amide bonds. The summed E-state index contributed by atoms with van der Waals surface area (Å²) < 4.78 is 0. The molecular formula is C17H36N2. The van der Waals surface area contributed by atoms with Crippen LogP contribution in [0.15, 0.2) is 0 Å². The number of rotatable bonds is 8. The quantitative estimate of drug-likeness (QED) is 0.725. The van der Waals surface area contributed by atoms with E-state index in [1.165, 1.54) is 32.6 Å². The third-order valence-corrected chi connectivity index (χ3v) is 4.54. The molecule has 0 bridgehead atoms. The molecule has 114 valence electrons. The second-order valence-corrected chi connectivity index (χ2v) is 7.62. The molecule has 0 aromatic rings. The van der Waals surface area contributed by atoms with Crippen LogP contribution < -0.4 is 5.32 Å². The van der Waals surface area contributed by atoms with Gasteiger partial charge in [-0.2, -0.15) is 0 Å². The second kappa shape index (κ2) is 8.26. The average molecular weight is 268 g/mol. The lowest BCUT2D eigenvalue weighted by molar-refractivity contribution is 0.186. The molecule has 1 N–H and O–H groups in total. The Kier molecular flexibility index (Phi) is 7.38. The van der Waals surface area contributed by atoms with Gasteiger partial charge in [0, 0.05) is 13.1 Å². The highest BCUT2D eigenvalue weighted by Gasteiger charge is 2.26. The van der Waals surface area contributed by atoms with Gasteiger partial charge in [0.2, 0.25) is 0 Å². The van der Waals surface area contributed by atoms with Gasteiger partial charge < -0.3 is 10.2 Å². The summed E-state index contributed by atoms with van der Waals surface area (Å²) in [7, 11) is 0. The van der Waals surface area contributed by atoms with Crippen LogP contribution >= 0.6 is 0 Å². The minimum absolute atomic E-state index is 0.767. The maximum absolute atomic E-state index is 3.62. The molecule has 19 heavy (non-hydrogen) atoms. The molecule has 1 saturated heterocycles. The SMILES string of the molecule is CC(C)CNCC1CCN(CC(C(C)C)C(C)C)C1. The van der Waals surface area contributed by atoms with Crippen LogP contribution in [0.1, 0.15) is 48.0 Å². The summed E-state index contributed by atoms with van der Waals surface area (Å²) in [5.74, 6) is 4.10. The molecule has 1 fully saturated rings. The molecule has 0 radical (unpaired) electrons. The Hall–Kier alpha value is -0.0800. The first kappa shape index (κ1) is 17.0. The normalized spacial score (nSPS) is 21.5. The summed E-state index contributed by atoms with van der Waals surface area (Å²) in [6, 6.07) is 0. The molecular weight excluding hydrogens is 232 g/mol. The van der Waals surface area contributed by atoms with E-state index in [4.69, 9.17) is 0 Å². The van der Waals surface area contributed by atoms with Gasteiger partial charge in [0.25, 0.3) is 0 Å². The first-order chi connectivity index (χ1) is 8.90. The van der Waals surface area contributed by atoms with Crippen molar-refractivity contribution in [2.75, 3.05) is 32.7 Å². The summed E-state index contributed by atoms with van der Waals surface area (Å²) in [4.78, 5) is 2.70. The molecule has 0 aromatic carbocycles. The number of hydrogen-bond donors (Lipinski definition) is 1. The fraction of sp³-hybridized carbons (Fsp3) is 1.00. The van der Waals surface area contributed by atoms with Gasteiger partial charge in [-0.25, -0.2) is 0 Å². The minimum atomic E-state index is 0.767. The van der Waals surface area contributed by atoms with E-state index in [9.17, 15) is 0 Å². The Morgan fingerprint density at radius 1 is 1.05 bits per heavy atom. The van der Waals surface area contributed by atoms with Crippen molar-refractivity contribution in [1.82, 2.24) is 10.2 Å². The predicted octanol–water partition coefficient (Wildman–Crippen LogP) is 3.48. The third-order valence-electron chi connectivity index (χ3n) is 4.54. The number of hydrogen-bond acceptors (Lipinski definition) is 2. The fourth-order valence-electron chi connectivity index (χ4n) is 3.31. The highest BCUT2D eigenvalue weighted by Crippen LogP contribution is 2.25. The minimum Gasteiger partial charge on any atom is -0.316 e. The summed E-state index contributed by atoms with van der Waals surface area (Å²) in [6.07, 6.45) is 1.38. The van der Waals surface area contributed by atoms with Crippen LogP contribution in [0.25, 0.3) is 0 Å². The maximum Gasteiger partial charge on any atom is 0.00224 e. The average Bonchev–Trinajstić information content (AvgIpc) is 2.72.